The zero-order valence-corrected chi connectivity index (χ0v) is 13.4. The first-order chi connectivity index (χ1) is 8.99. The molecule has 1 aromatic heterocycles. The first kappa shape index (κ1) is 14.7. The monoisotopic (exact) mass is 364 g/mol. The summed E-state index contributed by atoms with van der Waals surface area (Å²) >= 11 is 6.41. The molecular formula is C11H13BrN2O3S2. The number of halogens is 1. The van der Waals surface area contributed by atoms with E-state index in [9.17, 15) is 9.59 Å². The molecule has 0 saturated carbocycles. The predicted octanol–water partition coefficient (Wildman–Crippen LogP) is 2.52. The Morgan fingerprint density at radius 1 is 1.63 bits per heavy atom. The highest BCUT2D eigenvalue weighted by Crippen LogP contribution is 2.24. The van der Waals surface area contributed by atoms with Crippen LogP contribution in [0.25, 0.3) is 0 Å². The molecule has 5 nitrogen and oxygen atoms in total. The zero-order valence-electron chi connectivity index (χ0n) is 10.2. The second kappa shape index (κ2) is 6.15. The highest BCUT2D eigenvalue weighted by molar-refractivity contribution is 9.11. The van der Waals surface area contributed by atoms with Crippen LogP contribution in [0.1, 0.15) is 5.56 Å². The van der Waals surface area contributed by atoms with Gasteiger partial charge in [0.1, 0.15) is 6.04 Å². The molecule has 2 heterocycles. The lowest BCUT2D eigenvalue weighted by Crippen LogP contribution is -2.47. The number of thioether (sulfide) groups is 1. The molecule has 2 amide bonds. The predicted molar refractivity (Wildman–Crippen MR) is 79.5 cm³/mol. The Morgan fingerprint density at radius 2 is 2.37 bits per heavy atom. The quantitative estimate of drug-likeness (QED) is 0.894. The van der Waals surface area contributed by atoms with E-state index in [0.717, 1.165) is 9.35 Å². The van der Waals surface area contributed by atoms with E-state index < -0.39 is 12.0 Å². The summed E-state index contributed by atoms with van der Waals surface area (Å²) in [4.78, 5) is 26.3. The Hall–Kier alpha value is -0.730. The van der Waals surface area contributed by atoms with E-state index in [1.807, 2.05) is 11.4 Å². The molecule has 1 saturated heterocycles. The Balaban J connectivity index is 2.00. The van der Waals surface area contributed by atoms with Gasteiger partial charge in [-0.05, 0) is 32.9 Å². The number of carboxylic acid groups (broad SMARTS) is 1. The minimum atomic E-state index is -0.940. The van der Waals surface area contributed by atoms with Crippen molar-refractivity contribution in [3.63, 3.8) is 0 Å². The van der Waals surface area contributed by atoms with Gasteiger partial charge in [-0.25, -0.2) is 9.59 Å². The Labute approximate surface area is 127 Å². The molecule has 1 fully saturated rings. The van der Waals surface area contributed by atoms with Crippen molar-refractivity contribution < 1.29 is 14.7 Å². The molecule has 0 bridgehead atoms. The van der Waals surface area contributed by atoms with Gasteiger partial charge in [-0.3, -0.25) is 0 Å². The molecule has 0 aromatic carbocycles. The third-order valence-corrected chi connectivity index (χ3v) is 5.35. The van der Waals surface area contributed by atoms with Crippen LogP contribution >= 0.6 is 39.0 Å². The van der Waals surface area contributed by atoms with Crippen LogP contribution in [0.4, 0.5) is 4.79 Å². The number of carboxylic acids is 1. The molecule has 1 aliphatic heterocycles. The number of carbonyl (C=O) groups is 2. The third kappa shape index (κ3) is 3.43. The van der Waals surface area contributed by atoms with Crippen molar-refractivity contribution in [2.24, 2.45) is 0 Å². The van der Waals surface area contributed by atoms with Gasteiger partial charge in [0.15, 0.2) is 0 Å². The summed E-state index contributed by atoms with van der Waals surface area (Å²) in [5, 5.41) is 11.1. The smallest absolute Gasteiger partial charge is 0.327 e. The molecule has 0 radical (unpaired) electrons. The van der Waals surface area contributed by atoms with Gasteiger partial charge in [-0.15, -0.1) is 23.1 Å². The molecule has 8 heteroatoms. The normalized spacial score (nSPS) is 18.6. The van der Waals surface area contributed by atoms with Crippen molar-refractivity contribution in [1.29, 1.82) is 0 Å². The highest BCUT2D eigenvalue weighted by atomic mass is 79.9. The van der Waals surface area contributed by atoms with Crippen LogP contribution in [0.5, 0.6) is 0 Å². The van der Waals surface area contributed by atoms with Crippen molar-refractivity contribution in [1.82, 2.24) is 9.80 Å². The van der Waals surface area contributed by atoms with E-state index in [1.54, 1.807) is 23.3 Å². The van der Waals surface area contributed by atoms with Gasteiger partial charge >= 0.3 is 12.0 Å². The van der Waals surface area contributed by atoms with Crippen molar-refractivity contribution in [3.05, 3.63) is 20.8 Å². The lowest BCUT2D eigenvalue weighted by molar-refractivity contribution is -0.140. The SMILES string of the molecule is CN(Cc1csc(Br)c1)C(=O)N1CSCC1C(=O)O. The van der Waals surface area contributed by atoms with Crippen LogP contribution in [0.15, 0.2) is 15.2 Å². The molecule has 0 aliphatic carbocycles. The molecular weight excluding hydrogens is 352 g/mol. The van der Waals surface area contributed by atoms with Crippen molar-refractivity contribution in [3.8, 4) is 0 Å². The molecule has 19 heavy (non-hydrogen) atoms. The van der Waals surface area contributed by atoms with Crippen molar-refractivity contribution in [2.45, 2.75) is 12.6 Å². The number of thiophene rings is 1. The summed E-state index contributed by atoms with van der Waals surface area (Å²) in [6, 6.07) is 1.01. The van der Waals surface area contributed by atoms with Crippen LogP contribution in [0.2, 0.25) is 0 Å². The van der Waals surface area contributed by atoms with E-state index in [4.69, 9.17) is 5.11 Å². The average molecular weight is 365 g/mol. The molecule has 0 spiro atoms. The number of carbonyl (C=O) groups excluding carboxylic acids is 1. The molecule has 2 rings (SSSR count). The summed E-state index contributed by atoms with van der Waals surface area (Å²) in [5.41, 5.74) is 1.03. The number of urea groups is 1. The number of nitrogens with zero attached hydrogens (tertiary/aromatic N) is 2. The Kier molecular flexibility index (Phi) is 4.75. The fraction of sp³-hybridized carbons (Fsp3) is 0.455. The van der Waals surface area contributed by atoms with Crippen LogP contribution < -0.4 is 0 Å². The average Bonchev–Trinajstić information content (AvgIpc) is 2.97. The minimum absolute atomic E-state index is 0.236. The maximum absolute atomic E-state index is 12.2. The second-order valence-electron chi connectivity index (χ2n) is 4.22. The fourth-order valence-electron chi connectivity index (χ4n) is 1.83. The lowest BCUT2D eigenvalue weighted by Gasteiger charge is -2.26. The fourth-order valence-corrected chi connectivity index (χ4v) is 4.16. The number of hydrogen-bond acceptors (Lipinski definition) is 4. The van der Waals surface area contributed by atoms with E-state index in [-0.39, 0.29) is 6.03 Å². The number of hydrogen-bond donors (Lipinski definition) is 1. The largest absolute Gasteiger partial charge is 0.480 e. The topological polar surface area (TPSA) is 60.9 Å². The summed E-state index contributed by atoms with van der Waals surface area (Å²) in [6.07, 6.45) is 0. The van der Waals surface area contributed by atoms with Crippen LogP contribution in [-0.2, 0) is 11.3 Å². The summed E-state index contributed by atoms with van der Waals surface area (Å²) in [6.45, 7) is 0.481. The standard InChI is InChI=1S/C11H13BrN2O3S2/c1-13(3-7-2-9(12)19-4-7)11(17)14-6-18-5-8(14)10(15)16/h2,4,8H,3,5-6H2,1H3,(H,15,16). The van der Waals surface area contributed by atoms with E-state index in [2.05, 4.69) is 15.9 Å². The number of aliphatic carboxylic acids is 1. The maximum atomic E-state index is 12.2. The molecule has 1 aliphatic rings. The number of rotatable bonds is 3. The molecule has 1 unspecified atom stereocenters. The van der Waals surface area contributed by atoms with Gasteiger partial charge in [-0.1, -0.05) is 0 Å². The van der Waals surface area contributed by atoms with Crippen LogP contribution in [-0.4, -0.2) is 51.6 Å². The van der Waals surface area contributed by atoms with Gasteiger partial charge in [0, 0.05) is 19.3 Å². The zero-order chi connectivity index (χ0) is 14.0. The maximum Gasteiger partial charge on any atom is 0.327 e. The van der Waals surface area contributed by atoms with Gasteiger partial charge in [-0.2, -0.15) is 0 Å². The first-order valence-electron chi connectivity index (χ1n) is 5.54. The summed E-state index contributed by atoms with van der Waals surface area (Å²) in [7, 11) is 1.69. The Morgan fingerprint density at radius 3 is 2.95 bits per heavy atom. The van der Waals surface area contributed by atoms with Crippen LogP contribution in [0, 0.1) is 0 Å². The van der Waals surface area contributed by atoms with Gasteiger partial charge in [0.05, 0.1) is 9.66 Å². The highest BCUT2D eigenvalue weighted by Gasteiger charge is 2.35. The van der Waals surface area contributed by atoms with E-state index >= 15 is 0 Å². The van der Waals surface area contributed by atoms with E-state index in [0.29, 0.717) is 18.2 Å². The van der Waals surface area contributed by atoms with Crippen molar-refractivity contribution >= 4 is 51.0 Å². The summed E-state index contributed by atoms with van der Waals surface area (Å²) < 4.78 is 1.02. The van der Waals surface area contributed by atoms with Gasteiger partial charge in [0.2, 0.25) is 0 Å². The summed E-state index contributed by atoms with van der Waals surface area (Å²) in [5.74, 6) is -0.0446. The third-order valence-electron chi connectivity index (χ3n) is 2.78. The molecule has 1 atom stereocenters. The lowest BCUT2D eigenvalue weighted by atomic mass is 10.3. The second-order valence-corrected chi connectivity index (χ2v) is 7.51. The Bertz CT molecular complexity index is 494. The van der Waals surface area contributed by atoms with Crippen LogP contribution in [0.3, 0.4) is 0 Å². The first-order valence-corrected chi connectivity index (χ1v) is 8.37. The molecule has 1 N–H and O–H groups in total. The van der Waals surface area contributed by atoms with Gasteiger partial charge < -0.3 is 14.9 Å². The number of amides is 2. The molecule has 104 valence electrons. The van der Waals surface area contributed by atoms with Gasteiger partial charge in [0.25, 0.3) is 0 Å². The molecule has 1 aromatic rings. The van der Waals surface area contributed by atoms with E-state index in [1.165, 1.54) is 16.7 Å². The van der Waals surface area contributed by atoms with Crippen molar-refractivity contribution in [2.75, 3.05) is 18.7 Å². The minimum Gasteiger partial charge on any atom is -0.480 e.